The number of halogens is 1. The van der Waals surface area contributed by atoms with E-state index in [0.29, 0.717) is 5.75 Å². The first-order valence-corrected chi connectivity index (χ1v) is 8.66. The van der Waals surface area contributed by atoms with Crippen LogP contribution in [-0.4, -0.2) is 22.6 Å². The van der Waals surface area contributed by atoms with E-state index < -0.39 is 0 Å². The van der Waals surface area contributed by atoms with E-state index in [-0.39, 0.29) is 0 Å². The molecule has 2 aliphatic rings. The summed E-state index contributed by atoms with van der Waals surface area (Å²) in [5, 5.41) is 10.3. The maximum absolute atomic E-state index is 10.3. The molecule has 2 nitrogen and oxygen atoms in total. The van der Waals surface area contributed by atoms with Crippen molar-refractivity contribution in [3.8, 4) is 5.75 Å². The Labute approximate surface area is 130 Å². The van der Waals surface area contributed by atoms with Crippen LogP contribution in [0.3, 0.4) is 0 Å². The molecule has 1 saturated carbocycles. The lowest BCUT2D eigenvalue weighted by atomic mass is 9.95. The van der Waals surface area contributed by atoms with Crippen molar-refractivity contribution in [2.75, 3.05) is 6.54 Å². The molecule has 1 N–H and O–H groups in total. The Morgan fingerprint density at radius 2 is 1.95 bits per heavy atom. The molecule has 1 aliphatic carbocycles. The van der Waals surface area contributed by atoms with Crippen LogP contribution in [0.5, 0.6) is 5.75 Å². The maximum Gasteiger partial charge on any atom is 0.123 e. The third kappa shape index (κ3) is 2.89. The number of aryl methyl sites for hydroxylation is 1. The van der Waals surface area contributed by atoms with Crippen LogP contribution in [0, 0.1) is 12.8 Å². The van der Waals surface area contributed by atoms with E-state index in [4.69, 9.17) is 0 Å². The number of phenols is 1. The minimum Gasteiger partial charge on any atom is -0.507 e. The molecule has 1 aliphatic heterocycles. The van der Waals surface area contributed by atoms with Crippen molar-refractivity contribution in [2.45, 2.75) is 58.0 Å². The first-order valence-electron chi connectivity index (χ1n) is 7.87. The topological polar surface area (TPSA) is 23.5 Å². The first kappa shape index (κ1) is 14.4. The van der Waals surface area contributed by atoms with Gasteiger partial charge in [-0.3, -0.25) is 4.90 Å². The number of hydrogen-bond donors (Lipinski definition) is 1. The fourth-order valence-corrected chi connectivity index (χ4v) is 4.69. The lowest BCUT2D eigenvalue weighted by Gasteiger charge is -2.29. The summed E-state index contributed by atoms with van der Waals surface area (Å²) in [5.41, 5.74) is 2.03. The fraction of sp³-hybridized carbons (Fsp3) is 0.647. The summed E-state index contributed by atoms with van der Waals surface area (Å²) in [6.45, 7) is 4.06. The molecule has 20 heavy (non-hydrogen) atoms. The van der Waals surface area contributed by atoms with E-state index in [0.717, 1.165) is 34.1 Å². The molecule has 0 amide bonds. The lowest BCUT2D eigenvalue weighted by Crippen LogP contribution is -2.34. The zero-order chi connectivity index (χ0) is 14.1. The van der Waals surface area contributed by atoms with Crippen LogP contribution in [0.1, 0.15) is 49.7 Å². The van der Waals surface area contributed by atoms with Crippen molar-refractivity contribution >= 4 is 15.9 Å². The summed E-state index contributed by atoms with van der Waals surface area (Å²) in [6, 6.07) is 4.81. The van der Waals surface area contributed by atoms with Crippen molar-refractivity contribution in [3.63, 3.8) is 0 Å². The van der Waals surface area contributed by atoms with Crippen molar-refractivity contribution in [2.24, 2.45) is 5.92 Å². The van der Waals surface area contributed by atoms with E-state index in [9.17, 15) is 5.11 Å². The van der Waals surface area contributed by atoms with Crippen LogP contribution in [0.25, 0.3) is 0 Å². The second-order valence-electron chi connectivity index (χ2n) is 6.46. The molecule has 3 heteroatoms. The van der Waals surface area contributed by atoms with Crippen LogP contribution < -0.4 is 0 Å². The van der Waals surface area contributed by atoms with Gasteiger partial charge < -0.3 is 5.11 Å². The Morgan fingerprint density at radius 3 is 2.70 bits per heavy atom. The number of likely N-dealkylation sites (tertiary alicyclic amines) is 1. The van der Waals surface area contributed by atoms with E-state index in [1.165, 1.54) is 45.1 Å². The molecule has 1 unspecified atom stereocenters. The third-order valence-corrected chi connectivity index (χ3v) is 5.53. The van der Waals surface area contributed by atoms with E-state index in [1.54, 1.807) is 0 Å². The number of aromatic hydroxyl groups is 1. The van der Waals surface area contributed by atoms with Gasteiger partial charge in [-0.1, -0.05) is 28.8 Å². The van der Waals surface area contributed by atoms with Gasteiger partial charge in [0.15, 0.2) is 0 Å². The average molecular weight is 338 g/mol. The van der Waals surface area contributed by atoms with Crippen molar-refractivity contribution in [1.82, 2.24) is 4.90 Å². The molecule has 1 atom stereocenters. The van der Waals surface area contributed by atoms with Gasteiger partial charge in [0.25, 0.3) is 0 Å². The third-order valence-electron chi connectivity index (χ3n) is 5.08. The highest BCUT2D eigenvalue weighted by molar-refractivity contribution is 9.10. The van der Waals surface area contributed by atoms with Crippen LogP contribution in [0.2, 0.25) is 0 Å². The van der Waals surface area contributed by atoms with Crippen LogP contribution >= 0.6 is 15.9 Å². The Bertz CT molecular complexity index is 482. The van der Waals surface area contributed by atoms with Gasteiger partial charge in [0.2, 0.25) is 0 Å². The van der Waals surface area contributed by atoms with Gasteiger partial charge in [0.05, 0.1) is 0 Å². The van der Waals surface area contributed by atoms with E-state index in [1.807, 2.05) is 13.0 Å². The SMILES string of the molecule is Cc1cc(Br)cc(CN2CCCC2C2CCCC2)c1O. The van der Waals surface area contributed by atoms with Gasteiger partial charge >= 0.3 is 0 Å². The predicted molar refractivity (Wildman–Crippen MR) is 85.9 cm³/mol. The Hall–Kier alpha value is -0.540. The highest BCUT2D eigenvalue weighted by atomic mass is 79.9. The summed E-state index contributed by atoms with van der Waals surface area (Å²) >= 11 is 3.55. The fourth-order valence-electron chi connectivity index (χ4n) is 4.07. The minimum atomic E-state index is 0.477. The molecule has 0 radical (unpaired) electrons. The van der Waals surface area contributed by atoms with Gasteiger partial charge in [-0.15, -0.1) is 0 Å². The quantitative estimate of drug-likeness (QED) is 0.869. The summed E-state index contributed by atoms with van der Waals surface area (Å²) in [7, 11) is 0. The standard InChI is InChI=1S/C17H24BrNO/c1-12-9-15(18)10-14(17(12)20)11-19-8-4-7-16(19)13-5-2-3-6-13/h9-10,13,16,20H,2-8,11H2,1H3. The molecule has 0 aromatic heterocycles. The normalized spacial score (nSPS) is 24.6. The molecule has 1 heterocycles. The highest BCUT2D eigenvalue weighted by Crippen LogP contribution is 2.37. The number of benzene rings is 1. The smallest absolute Gasteiger partial charge is 0.123 e. The molecular weight excluding hydrogens is 314 g/mol. The number of rotatable bonds is 3. The first-order chi connectivity index (χ1) is 9.65. The van der Waals surface area contributed by atoms with Gasteiger partial charge in [-0.2, -0.15) is 0 Å². The van der Waals surface area contributed by atoms with Crippen LogP contribution in [0.4, 0.5) is 0 Å². The predicted octanol–water partition coefficient (Wildman–Crippen LogP) is 4.62. The minimum absolute atomic E-state index is 0.477. The van der Waals surface area contributed by atoms with Crippen LogP contribution in [-0.2, 0) is 6.54 Å². The summed E-state index contributed by atoms with van der Waals surface area (Å²) < 4.78 is 1.07. The lowest BCUT2D eigenvalue weighted by molar-refractivity contribution is 0.181. The average Bonchev–Trinajstić information content (AvgIpc) is 3.05. The highest BCUT2D eigenvalue weighted by Gasteiger charge is 2.33. The second-order valence-corrected chi connectivity index (χ2v) is 7.37. The van der Waals surface area contributed by atoms with Crippen molar-refractivity contribution in [1.29, 1.82) is 0 Å². The molecule has 2 fully saturated rings. The summed E-state index contributed by atoms with van der Waals surface area (Å²) in [6.07, 6.45) is 8.30. The maximum atomic E-state index is 10.3. The summed E-state index contributed by atoms with van der Waals surface area (Å²) in [5.74, 6) is 1.37. The van der Waals surface area contributed by atoms with Gasteiger partial charge in [0.1, 0.15) is 5.75 Å². The zero-order valence-electron chi connectivity index (χ0n) is 12.2. The molecule has 0 spiro atoms. The summed E-state index contributed by atoms with van der Waals surface area (Å²) in [4.78, 5) is 2.61. The largest absolute Gasteiger partial charge is 0.507 e. The molecule has 1 aromatic carbocycles. The van der Waals surface area contributed by atoms with Gasteiger partial charge in [-0.25, -0.2) is 0 Å². The molecular formula is C17H24BrNO. The zero-order valence-corrected chi connectivity index (χ0v) is 13.8. The molecule has 1 aromatic rings. The monoisotopic (exact) mass is 337 g/mol. The van der Waals surface area contributed by atoms with Gasteiger partial charge in [0, 0.05) is 22.6 Å². The Balaban J connectivity index is 1.76. The van der Waals surface area contributed by atoms with E-state index in [2.05, 4.69) is 26.9 Å². The van der Waals surface area contributed by atoms with E-state index >= 15 is 0 Å². The molecule has 1 saturated heterocycles. The number of nitrogens with zero attached hydrogens (tertiary/aromatic N) is 1. The number of phenolic OH excluding ortho intramolecular Hbond substituents is 1. The molecule has 0 bridgehead atoms. The van der Waals surface area contributed by atoms with Gasteiger partial charge in [-0.05, 0) is 62.8 Å². The van der Waals surface area contributed by atoms with Crippen LogP contribution in [0.15, 0.2) is 16.6 Å². The second kappa shape index (κ2) is 6.07. The van der Waals surface area contributed by atoms with Crippen molar-refractivity contribution in [3.05, 3.63) is 27.7 Å². The Morgan fingerprint density at radius 1 is 1.20 bits per heavy atom. The number of hydrogen-bond acceptors (Lipinski definition) is 2. The van der Waals surface area contributed by atoms with Crippen molar-refractivity contribution < 1.29 is 5.11 Å². The molecule has 110 valence electrons. The Kier molecular flexibility index (Phi) is 4.37. The molecule has 3 rings (SSSR count).